The quantitative estimate of drug-likeness (QED) is 0.533. The second-order valence-corrected chi connectivity index (χ2v) is 4.42. The molecular formula is C16H10F3. The van der Waals surface area contributed by atoms with E-state index in [1.807, 2.05) is 30.3 Å². The van der Waals surface area contributed by atoms with Crippen molar-refractivity contribution in [1.29, 1.82) is 0 Å². The van der Waals surface area contributed by atoms with Crippen molar-refractivity contribution in [3.63, 3.8) is 0 Å². The van der Waals surface area contributed by atoms with E-state index < -0.39 is 6.18 Å². The summed E-state index contributed by atoms with van der Waals surface area (Å²) in [6, 6.07) is 16.2. The Balaban J connectivity index is 2.39. The minimum absolute atomic E-state index is 0.237. The van der Waals surface area contributed by atoms with Crippen molar-refractivity contribution < 1.29 is 13.2 Å². The van der Waals surface area contributed by atoms with E-state index in [1.54, 1.807) is 24.3 Å². The summed E-state index contributed by atoms with van der Waals surface area (Å²) in [6.45, 7) is 0. The molecule has 3 aromatic carbocycles. The monoisotopic (exact) mass is 259 g/mol. The SMILES string of the molecule is FC(F)(F)[CH]c1c2ccccc2cc2ccccc12. The average molecular weight is 259 g/mol. The van der Waals surface area contributed by atoms with Gasteiger partial charge < -0.3 is 0 Å². The highest BCUT2D eigenvalue weighted by atomic mass is 19.4. The fourth-order valence-electron chi connectivity index (χ4n) is 2.37. The topological polar surface area (TPSA) is 0 Å². The average Bonchev–Trinajstić information content (AvgIpc) is 2.37. The van der Waals surface area contributed by atoms with Gasteiger partial charge in [-0.3, -0.25) is 0 Å². The third-order valence-electron chi connectivity index (χ3n) is 3.12. The smallest absolute Gasteiger partial charge is 0.170 e. The van der Waals surface area contributed by atoms with Crippen molar-refractivity contribution in [3.8, 4) is 0 Å². The molecule has 0 bridgehead atoms. The summed E-state index contributed by atoms with van der Waals surface area (Å²) < 4.78 is 38.2. The van der Waals surface area contributed by atoms with Crippen LogP contribution in [0.2, 0.25) is 0 Å². The van der Waals surface area contributed by atoms with E-state index in [4.69, 9.17) is 0 Å². The maximum atomic E-state index is 12.7. The molecule has 0 aliphatic heterocycles. The molecule has 0 fully saturated rings. The summed E-state index contributed by atoms with van der Waals surface area (Å²) in [5.41, 5.74) is 0.237. The molecular weight excluding hydrogens is 249 g/mol. The fraction of sp³-hybridized carbons (Fsp3) is 0.0625. The zero-order valence-electron chi connectivity index (χ0n) is 9.91. The van der Waals surface area contributed by atoms with Gasteiger partial charge in [0.25, 0.3) is 0 Å². The summed E-state index contributed by atoms with van der Waals surface area (Å²) in [6.07, 6.45) is -3.94. The minimum atomic E-state index is -4.33. The molecule has 3 heteroatoms. The molecule has 0 unspecified atom stereocenters. The molecule has 3 rings (SSSR count). The van der Waals surface area contributed by atoms with Crippen molar-refractivity contribution in [2.45, 2.75) is 6.18 Å². The van der Waals surface area contributed by atoms with Crippen LogP contribution in [-0.2, 0) is 0 Å². The minimum Gasteiger partial charge on any atom is -0.170 e. The van der Waals surface area contributed by atoms with E-state index >= 15 is 0 Å². The van der Waals surface area contributed by atoms with Crippen LogP contribution in [0, 0.1) is 6.42 Å². The van der Waals surface area contributed by atoms with E-state index in [2.05, 4.69) is 0 Å². The third-order valence-corrected chi connectivity index (χ3v) is 3.12. The van der Waals surface area contributed by atoms with Crippen molar-refractivity contribution in [2.75, 3.05) is 0 Å². The molecule has 0 heterocycles. The predicted molar refractivity (Wildman–Crippen MR) is 70.9 cm³/mol. The first-order valence-corrected chi connectivity index (χ1v) is 5.88. The first kappa shape index (κ1) is 12.0. The van der Waals surface area contributed by atoms with Gasteiger partial charge in [0.15, 0.2) is 0 Å². The van der Waals surface area contributed by atoms with Crippen molar-refractivity contribution in [3.05, 3.63) is 66.6 Å². The van der Waals surface area contributed by atoms with Gasteiger partial charge in [-0.1, -0.05) is 48.5 Å². The fourth-order valence-corrected chi connectivity index (χ4v) is 2.37. The normalized spacial score (nSPS) is 12.2. The van der Waals surface area contributed by atoms with E-state index in [1.165, 1.54) is 0 Å². The number of hydrogen-bond acceptors (Lipinski definition) is 0. The lowest BCUT2D eigenvalue weighted by molar-refractivity contribution is -0.0925. The van der Waals surface area contributed by atoms with Crippen molar-refractivity contribution in [1.82, 2.24) is 0 Å². The lowest BCUT2D eigenvalue weighted by Gasteiger charge is -2.13. The van der Waals surface area contributed by atoms with Crippen LogP contribution in [0.4, 0.5) is 13.2 Å². The molecule has 0 atom stereocenters. The van der Waals surface area contributed by atoms with Crippen LogP contribution >= 0.6 is 0 Å². The van der Waals surface area contributed by atoms with Crippen LogP contribution in [0.25, 0.3) is 21.5 Å². The third kappa shape index (κ3) is 2.28. The molecule has 0 N–H and O–H groups in total. The summed E-state index contributed by atoms with van der Waals surface area (Å²) in [7, 11) is 0. The van der Waals surface area contributed by atoms with Crippen LogP contribution in [0.15, 0.2) is 54.6 Å². The Morgan fingerprint density at radius 1 is 0.737 bits per heavy atom. The number of fused-ring (bicyclic) bond motifs is 2. The molecule has 0 nitrogen and oxygen atoms in total. The Morgan fingerprint density at radius 3 is 1.68 bits per heavy atom. The first-order valence-electron chi connectivity index (χ1n) is 5.88. The van der Waals surface area contributed by atoms with E-state index in [9.17, 15) is 13.2 Å². The zero-order valence-corrected chi connectivity index (χ0v) is 9.91. The van der Waals surface area contributed by atoms with Crippen LogP contribution in [0.3, 0.4) is 0 Å². The van der Waals surface area contributed by atoms with E-state index in [0.717, 1.165) is 10.8 Å². The van der Waals surface area contributed by atoms with Gasteiger partial charge in [0, 0.05) is 0 Å². The number of rotatable bonds is 1. The highest BCUT2D eigenvalue weighted by molar-refractivity contribution is 6.03. The van der Waals surface area contributed by atoms with Crippen molar-refractivity contribution in [2.24, 2.45) is 0 Å². The highest BCUT2D eigenvalue weighted by Crippen LogP contribution is 2.34. The molecule has 1 radical (unpaired) electrons. The van der Waals surface area contributed by atoms with Crippen LogP contribution < -0.4 is 0 Å². The van der Waals surface area contributed by atoms with Gasteiger partial charge in [-0.25, -0.2) is 0 Å². The molecule has 3 aromatic rings. The Kier molecular flexibility index (Phi) is 2.70. The zero-order chi connectivity index (χ0) is 13.5. The molecule has 95 valence electrons. The molecule has 0 saturated carbocycles. The van der Waals surface area contributed by atoms with Gasteiger partial charge in [-0.15, -0.1) is 0 Å². The first-order chi connectivity index (χ1) is 9.04. The van der Waals surface area contributed by atoms with Crippen LogP contribution in [0.5, 0.6) is 0 Å². The number of alkyl halides is 3. The largest absolute Gasteiger partial charge is 0.396 e. The maximum absolute atomic E-state index is 12.7. The molecule has 0 saturated heterocycles. The van der Waals surface area contributed by atoms with Crippen LogP contribution in [-0.4, -0.2) is 6.18 Å². The molecule has 0 amide bonds. The molecule has 0 aromatic heterocycles. The number of benzene rings is 3. The van der Waals surface area contributed by atoms with Gasteiger partial charge in [-0.05, 0) is 33.2 Å². The van der Waals surface area contributed by atoms with Gasteiger partial charge in [0.1, 0.15) is 0 Å². The molecule has 0 spiro atoms. The Morgan fingerprint density at radius 2 is 1.21 bits per heavy atom. The number of hydrogen-bond donors (Lipinski definition) is 0. The Hall–Kier alpha value is -2.03. The number of halogens is 3. The lowest BCUT2D eigenvalue weighted by Crippen LogP contribution is -2.09. The molecule has 0 aliphatic carbocycles. The highest BCUT2D eigenvalue weighted by Gasteiger charge is 2.30. The Labute approximate surface area is 108 Å². The second kappa shape index (κ2) is 4.26. The lowest BCUT2D eigenvalue weighted by atomic mass is 9.95. The van der Waals surface area contributed by atoms with Gasteiger partial charge >= 0.3 is 6.18 Å². The summed E-state index contributed by atoms with van der Waals surface area (Å²) in [5, 5.41) is 2.88. The summed E-state index contributed by atoms with van der Waals surface area (Å²) in [4.78, 5) is 0. The van der Waals surface area contributed by atoms with Crippen LogP contribution in [0.1, 0.15) is 5.56 Å². The summed E-state index contributed by atoms with van der Waals surface area (Å²) in [5.74, 6) is 0. The molecule has 0 aliphatic rings. The second-order valence-electron chi connectivity index (χ2n) is 4.42. The van der Waals surface area contributed by atoms with Gasteiger partial charge in [-0.2, -0.15) is 13.2 Å². The van der Waals surface area contributed by atoms with Gasteiger partial charge in [0.05, 0.1) is 6.42 Å². The molecule has 19 heavy (non-hydrogen) atoms. The van der Waals surface area contributed by atoms with E-state index in [0.29, 0.717) is 17.2 Å². The Bertz CT molecular complexity index is 688. The van der Waals surface area contributed by atoms with Gasteiger partial charge in [0.2, 0.25) is 0 Å². The standard InChI is InChI=1S/C16H10F3/c17-16(18,19)10-15-13-7-3-1-5-11(13)9-12-6-2-4-8-14(12)15/h1-10H. The predicted octanol–water partition coefficient (Wildman–Crippen LogP) is 5.11. The summed E-state index contributed by atoms with van der Waals surface area (Å²) >= 11 is 0. The van der Waals surface area contributed by atoms with Crippen molar-refractivity contribution >= 4 is 21.5 Å². The van der Waals surface area contributed by atoms with E-state index in [-0.39, 0.29) is 5.56 Å². The maximum Gasteiger partial charge on any atom is 0.396 e.